The van der Waals surface area contributed by atoms with E-state index in [1.165, 1.54) is 7.11 Å². The van der Waals surface area contributed by atoms with E-state index in [9.17, 15) is 9.59 Å². The Morgan fingerprint density at radius 1 is 1.38 bits per heavy atom. The van der Waals surface area contributed by atoms with E-state index in [1.54, 1.807) is 0 Å². The molecule has 13 heavy (non-hydrogen) atoms. The summed E-state index contributed by atoms with van der Waals surface area (Å²) in [7, 11) is 1.31. The minimum Gasteiger partial charge on any atom is -0.468 e. The van der Waals surface area contributed by atoms with E-state index in [0.29, 0.717) is 12.7 Å². The first kappa shape index (κ1) is 12.1. The van der Waals surface area contributed by atoms with Crippen LogP contribution in [0.25, 0.3) is 0 Å². The zero-order valence-electron chi connectivity index (χ0n) is 8.41. The van der Waals surface area contributed by atoms with E-state index in [2.05, 4.69) is 11.7 Å². The standard InChI is InChI=1S/C10H18O3/c1-3-4-5-6-7-9(8-11)10(12)13-2/h8-9H,3-7H2,1-2H3. The molecule has 3 nitrogen and oxygen atoms in total. The summed E-state index contributed by atoms with van der Waals surface area (Å²) in [6.07, 6.45) is 5.62. The molecule has 0 spiro atoms. The number of aldehydes is 1. The second-order valence-corrected chi connectivity index (χ2v) is 3.12. The van der Waals surface area contributed by atoms with Crippen LogP contribution in [-0.4, -0.2) is 19.4 Å². The average Bonchev–Trinajstić information content (AvgIpc) is 2.17. The van der Waals surface area contributed by atoms with Crippen molar-refractivity contribution in [1.82, 2.24) is 0 Å². The molecule has 0 heterocycles. The van der Waals surface area contributed by atoms with Crippen molar-refractivity contribution in [2.45, 2.75) is 39.0 Å². The fourth-order valence-electron chi connectivity index (χ4n) is 1.18. The van der Waals surface area contributed by atoms with Gasteiger partial charge in [-0.05, 0) is 6.42 Å². The number of hydrogen-bond donors (Lipinski definition) is 0. The summed E-state index contributed by atoms with van der Waals surface area (Å²) in [5.74, 6) is -0.964. The van der Waals surface area contributed by atoms with Crippen molar-refractivity contribution in [1.29, 1.82) is 0 Å². The number of carbonyl (C=O) groups excluding carboxylic acids is 2. The van der Waals surface area contributed by atoms with E-state index in [-0.39, 0.29) is 0 Å². The second kappa shape index (κ2) is 7.77. The first-order chi connectivity index (χ1) is 6.26. The van der Waals surface area contributed by atoms with Crippen LogP contribution in [0.2, 0.25) is 0 Å². The molecule has 0 amide bonds. The van der Waals surface area contributed by atoms with Gasteiger partial charge in [0.05, 0.1) is 7.11 Å². The van der Waals surface area contributed by atoms with Gasteiger partial charge in [-0.2, -0.15) is 0 Å². The fourth-order valence-corrected chi connectivity index (χ4v) is 1.18. The Kier molecular flexibility index (Phi) is 7.26. The van der Waals surface area contributed by atoms with E-state index in [0.717, 1.165) is 25.7 Å². The Morgan fingerprint density at radius 2 is 2.08 bits per heavy atom. The largest absolute Gasteiger partial charge is 0.468 e. The van der Waals surface area contributed by atoms with Crippen LogP contribution in [0.3, 0.4) is 0 Å². The summed E-state index contributed by atoms with van der Waals surface area (Å²) in [5, 5.41) is 0. The van der Waals surface area contributed by atoms with Crippen molar-refractivity contribution in [3.8, 4) is 0 Å². The van der Waals surface area contributed by atoms with Gasteiger partial charge in [0.1, 0.15) is 12.2 Å². The van der Waals surface area contributed by atoms with Crippen LogP contribution in [-0.2, 0) is 14.3 Å². The summed E-state index contributed by atoms with van der Waals surface area (Å²) in [6, 6.07) is 0. The Hall–Kier alpha value is -0.860. The zero-order valence-corrected chi connectivity index (χ0v) is 8.41. The van der Waals surface area contributed by atoms with Crippen LogP contribution >= 0.6 is 0 Å². The van der Waals surface area contributed by atoms with Crippen molar-refractivity contribution in [2.75, 3.05) is 7.11 Å². The molecular formula is C10H18O3. The molecule has 0 radical (unpaired) electrons. The maximum absolute atomic E-state index is 11.0. The predicted octanol–water partition coefficient (Wildman–Crippen LogP) is 1.94. The highest BCUT2D eigenvalue weighted by molar-refractivity contribution is 5.87. The molecule has 0 rings (SSSR count). The van der Waals surface area contributed by atoms with Gasteiger partial charge in [-0.25, -0.2) is 0 Å². The molecule has 0 saturated carbocycles. The third-order valence-electron chi connectivity index (χ3n) is 2.04. The quantitative estimate of drug-likeness (QED) is 0.264. The van der Waals surface area contributed by atoms with E-state index >= 15 is 0 Å². The van der Waals surface area contributed by atoms with Gasteiger partial charge in [0.25, 0.3) is 0 Å². The van der Waals surface area contributed by atoms with Crippen LogP contribution in [0.5, 0.6) is 0 Å². The van der Waals surface area contributed by atoms with E-state index in [4.69, 9.17) is 0 Å². The van der Waals surface area contributed by atoms with Crippen LogP contribution in [0.4, 0.5) is 0 Å². The van der Waals surface area contributed by atoms with E-state index < -0.39 is 11.9 Å². The zero-order chi connectivity index (χ0) is 10.1. The highest BCUT2D eigenvalue weighted by Crippen LogP contribution is 2.10. The highest BCUT2D eigenvalue weighted by atomic mass is 16.5. The number of carbonyl (C=O) groups is 2. The lowest BCUT2D eigenvalue weighted by molar-refractivity contribution is -0.147. The van der Waals surface area contributed by atoms with Crippen molar-refractivity contribution in [3.63, 3.8) is 0 Å². The van der Waals surface area contributed by atoms with Crippen LogP contribution < -0.4 is 0 Å². The summed E-state index contributed by atoms with van der Waals surface area (Å²) >= 11 is 0. The molecule has 0 aromatic heterocycles. The van der Waals surface area contributed by atoms with Gasteiger partial charge in [0.15, 0.2) is 0 Å². The Balaban J connectivity index is 3.60. The molecule has 0 aliphatic heterocycles. The third kappa shape index (κ3) is 5.39. The molecule has 0 N–H and O–H groups in total. The lowest BCUT2D eigenvalue weighted by Crippen LogP contribution is -2.17. The summed E-state index contributed by atoms with van der Waals surface area (Å²) < 4.78 is 4.49. The fraction of sp³-hybridized carbons (Fsp3) is 0.800. The SMILES string of the molecule is CCCCCCC(C=O)C(=O)OC. The van der Waals surface area contributed by atoms with Crippen molar-refractivity contribution >= 4 is 12.3 Å². The number of rotatable bonds is 7. The molecule has 0 bridgehead atoms. The number of ether oxygens (including phenoxy) is 1. The smallest absolute Gasteiger partial charge is 0.315 e. The molecule has 1 unspecified atom stereocenters. The van der Waals surface area contributed by atoms with Gasteiger partial charge in [0, 0.05) is 0 Å². The normalized spacial score (nSPS) is 12.2. The van der Waals surface area contributed by atoms with Gasteiger partial charge in [-0.3, -0.25) is 4.79 Å². The highest BCUT2D eigenvalue weighted by Gasteiger charge is 2.16. The number of hydrogen-bond acceptors (Lipinski definition) is 3. The molecule has 1 atom stereocenters. The van der Waals surface area contributed by atoms with E-state index in [1.807, 2.05) is 0 Å². The molecule has 0 saturated heterocycles. The number of methoxy groups -OCH3 is 1. The monoisotopic (exact) mass is 186 g/mol. The van der Waals surface area contributed by atoms with Crippen molar-refractivity contribution < 1.29 is 14.3 Å². The molecule has 0 aromatic carbocycles. The van der Waals surface area contributed by atoms with Crippen molar-refractivity contribution in [2.24, 2.45) is 5.92 Å². The first-order valence-electron chi connectivity index (χ1n) is 4.79. The Morgan fingerprint density at radius 3 is 2.54 bits per heavy atom. The lowest BCUT2D eigenvalue weighted by Gasteiger charge is -2.06. The maximum Gasteiger partial charge on any atom is 0.315 e. The average molecular weight is 186 g/mol. The summed E-state index contributed by atoms with van der Waals surface area (Å²) in [5.41, 5.74) is 0. The maximum atomic E-state index is 11.0. The van der Waals surface area contributed by atoms with Crippen LogP contribution in [0.1, 0.15) is 39.0 Å². The third-order valence-corrected chi connectivity index (χ3v) is 2.04. The van der Waals surface area contributed by atoms with Crippen molar-refractivity contribution in [3.05, 3.63) is 0 Å². The van der Waals surface area contributed by atoms with Gasteiger partial charge in [-0.1, -0.05) is 32.6 Å². The Bertz CT molecular complexity index is 154. The Labute approximate surface area is 79.5 Å². The summed E-state index contributed by atoms with van der Waals surface area (Å²) in [4.78, 5) is 21.4. The van der Waals surface area contributed by atoms with Gasteiger partial charge in [-0.15, -0.1) is 0 Å². The molecule has 0 aliphatic rings. The number of esters is 1. The summed E-state index contributed by atoms with van der Waals surface area (Å²) in [6.45, 7) is 2.12. The molecular weight excluding hydrogens is 168 g/mol. The van der Waals surface area contributed by atoms with Gasteiger partial charge in [0.2, 0.25) is 0 Å². The lowest BCUT2D eigenvalue weighted by atomic mass is 10.0. The molecule has 3 heteroatoms. The minimum atomic E-state index is -0.554. The molecule has 0 aromatic rings. The van der Waals surface area contributed by atoms with Crippen LogP contribution in [0.15, 0.2) is 0 Å². The minimum absolute atomic E-state index is 0.411. The first-order valence-corrected chi connectivity index (χ1v) is 4.79. The number of unbranched alkanes of at least 4 members (excludes halogenated alkanes) is 3. The molecule has 0 fully saturated rings. The molecule has 76 valence electrons. The topological polar surface area (TPSA) is 43.4 Å². The van der Waals surface area contributed by atoms with Crippen LogP contribution in [0, 0.1) is 5.92 Å². The second-order valence-electron chi connectivity index (χ2n) is 3.12. The van der Waals surface area contributed by atoms with Gasteiger partial charge >= 0.3 is 5.97 Å². The van der Waals surface area contributed by atoms with Gasteiger partial charge < -0.3 is 9.53 Å². The predicted molar refractivity (Wildman–Crippen MR) is 50.3 cm³/mol. The molecule has 0 aliphatic carbocycles.